The topological polar surface area (TPSA) is 93.8 Å². The Morgan fingerprint density at radius 1 is 1.42 bits per heavy atom. The Hall–Kier alpha value is -2.48. The number of rotatable bonds is 6. The van der Waals surface area contributed by atoms with E-state index in [9.17, 15) is 9.59 Å². The Morgan fingerprint density at radius 2 is 2.27 bits per heavy atom. The molecule has 2 N–H and O–H groups in total. The number of nitrogens with zero attached hydrogens (tertiary/aromatic N) is 4. The van der Waals surface area contributed by atoms with Gasteiger partial charge < -0.3 is 10.6 Å². The van der Waals surface area contributed by atoms with Gasteiger partial charge in [-0.05, 0) is 45.4 Å². The molecule has 1 amide bonds. The molecule has 1 atom stereocenters. The van der Waals surface area contributed by atoms with E-state index in [-0.39, 0.29) is 18.1 Å². The largest absolute Gasteiger partial charge is 0.353 e. The predicted octanol–water partition coefficient (Wildman–Crippen LogP) is 0.340. The quantitative estimate of drug-likeness (QED) is 0.777. The molecule has 1 aliphatic heterocycles. The lowest BCUT2D eigenvalue weighted by atomic mass is 9.96. The third-order valence-electron chi connectivity index (χ3n) is 4.76. The van der Waals surface area contributed by atoms with Gasteiger partial charge in [-0.25, -0.2) is 4.79 Å². The summed E-state index contributed by atoms with van der Waals surface area (Å²) in [6, 6.07) is 3.85. The maximum absolute atomic E-state index is 12.3. The number of piperidine rings is 1. The van der Waals surface area contributed by atoms with E-state index >= 15 is 0 Å². The van der Waals surface area contributed by atoms with Crippen molar-refractivity contribution < 1.29 is 4.79 Å². The van der Waals surface area contributed by atoms with Crippen LogP contribution in [0.1, 0.15) is 35.8 Å². The first-order chi connectivity index (χ1) is 12.5. The number of hydrogen-bond donors (Lipinski definition) is 2. The lowest BCUT2D eigenvalue weighted by Gasteiger charge is -2.23. The number of aromatic nitrogens is 4. The first kappa shape index (κ1) is 18.3. The minimum Gasteiger partial charge on any atom is -0.353 e. The second-order valence-electron chi connectivity index (χ2n) is 6.78. The molecule has 26 heavy (non-hydrogen) atoms. The van der Waals surface area contributed by atoms with Gasteiger partial charge in [0.15, 0.2) is 0 Å². The number of nitrogens with one attached hydrogen (secondary N) is 2. The maximum atomic E-state index is 12.3. The number of carbonyl (C=O) groups excluding carboxylic acids is 1. The molecule has 2 aromatic heterocycles. The van der Waals surface area contributed by atoms with Gasteiger partial charge in [-0.1, -0.05) is 0 Å². The van der Waals surface area contributed by atoms with E-state index in [2.05, 4.69) is 20.7 Å². The number of carbonyl (C=O) groups is 1. The van der Waals surface area contributed by atoms with Crippen LogP contribution < -0.4 is 16.3 Å². The maximum Gasteiger partial charge on any atom is 0.348 e. The van der Waals surface area contributed by atoms with E-state index in [4.69, 9.17) is 0 Å². The highest BCUT2D eigenvalue weighted by Crippen LogP contribution is 2.22. The summed E-state index contributed by atoms with van der Waals surface area (Å²) in [5, 5.41) is 10.6. The summed E-state index contributed by atoms with van der Waals surface area (Å²) < 4.78 is 3.35. The molecule has 1 fully saturated rings. The molecule has 1 saturated heterocycles. The molecule has 8 heteroatoms. The second-order valence-corrected chi connectivity index (χ2v) is 6.78. The summed E-state index contributed by atoms with van der Waals surface area (Å²) in [5.41, 5.74) is 2.37. The van der Waals surface area contributed by atoms with Crippen molar-refractivity contribution in [1.82, 2.24) is 30.0 Å². The molecule has 0 bridgehead atoms. The van der Waals surface area contributed by atoms with Crippen LogP contribution in [-0.2, 0) is 17.9 Å². The van der Waals surface area contributed by atoms with Crippen molar-refractivity contribution in [2.75, 3.05) is 19.6 Å². The van der Waals surface area contributed by atoms with Gasteiger partial charge in [0.2, 0.25) is 5.91 Å². The van der Waals surface area contributed by atoms with Crippen LogP contribution in [0.25, 0.3) is 0 Å². The smallest absolute Gasteiger partial charge is 0.348 e. The van der Waals surface area contributed by atoms with E-state index < -0.39 is 0 Å². The van der Waals surface area contributed by atoms with Crippen molar-refractivity contribution in [3.05, 3.63) is 45.9 Å². The molecular weight excluding hydrogens is 332 g/mol. The Bertz CT molecular complexity index is 819. The average Bonchev–Trinajstić information content (AvgIpc) is 3.06. The summed E-state index contributed by atoms with van der Waals surface area (Å²) in [5.74, 6) is 0.295. The van der Waals surface area contributed by atoms with Gasteiger partial charge in [0.05, 0.1) is 0 Å². The highest BCUT2D eigenvalue weighted by molar-refractivity contribution is 5.75. The van der Waals surface area contributed by atoms with E-state index in [1.165, 1.54) is 0 Å². The Balaban J connectivity index is 1.54. The van der Waals surface area contributed by atoms with Crippen LogP contribution >= 0.6 is 0 Å². The van der Waals surface area contributed by atoms with Crippen molar-refractivity contribution in [2.24, 2.45) is 0 Å². The fourth-order valence-electron chi connectivity index (χ4n) is 3.47. The van der Waals surface area contributed by atoms with Gasteiger partial charge in [-0.15, -0.1) is 0 Å². The first-order valence-electron chi connectivity index (χ1n) is 9.09. The van der Waals surface area contributed by atoms with E-state index in [1.54, 1.807) is 22.4 Å². The van der Waals surface area contributed by atoms with Gasteiger partial charge in [0.1, 0.15) is 6.54 Å². The van der Waals surface area contributed by atoms with Gasteiger partial charge in [0, 0.05) is 48.8 Å². The normalized spacial score (nSPS) is 17.2. The summed E-state index contributed by atoms with van der Waals surface area (Å²) in [4.78, 5) is 28.1. The number of aryl methyl sites for hydroxylation is 2. The lowest BCUT2D eigenvalue weighted by molar-refractivity contribution is -0.121. The third kappa shape index (κ3) is 4.37. The molecule has 3 rings (SSSR count). The van der Waals surface area contributed by atoms with E-state index in [1.807, 2.05) is 19.1 Å². The van der Waals surface area contributed by atoms with Crippen LogP contribution in [0, 0.1) is 13.8 Å². The molecule has 2 aromatic rings. The monoisotopic (exact) mass is 358 g/mol. The van der Waals surface area contributed by atoms with Crippen LogP contribution in [0.4, 0.5) is 0 Å². The van der Waals surface area contributed by atoms with E-state index in [0.29, 0.717) is 24.7 Å². The van der Waals surface area contributed by atoms with Crippen molar-refractivity contribution in [3.8, 4) is 0 Å². The highest BCUT2D eigenvalue weighted by atomic mass is 16.2. The summed E-state index contributed by atoms with van der Waals surface area (Å²) in [7, 11) is 0. The third-order valence-corrected chi connectivity index (χ3v) is 4.76. The molecule has 1 aliphatic rings. The fraction of sp³-hybridized carbons (Fsp3) is 0.556. The SMILES string of the molecule is Cc1cc(C)n(CCNC(=O)Cn2nccc2[C@H]2CCCNC2)c(=O)n1. The Labute approximate surface area is 152 Å². The molecule has 0 radical (unpaired) electrons. The Kier molecular flexibility index (Phi) is 5.82. The average molecular weight is 358 g/mol. The second kappa shape index (κ2) is 8.27. The van der Waals surface area contributed by atoms with E-state index in [0.717, 1.165) is 37.3 Å². The van der Waals surface area contributed by atoms with Crippen LogP contribution in [0.15, 0.2) is 23.1 Å². The standard InChI is InChI=1S/C18H26N6O2/c1-13-10-14(2)23(18(26)22-13)9-8-20-17(25)12-24-16(5-7-21-24)15-4-3-6-19-11-15/h5,7,10,15,19H,3-4,6,8-9,11-12H2,1-2H3,(H,20,25)/t15-/m0/s1. The fourth-order valence-corrected chi connectivity index (χ4v) is 3.47. The molecule has 0 spiro atoms. The van der Waals surface area contributed by atoms with Crippen molar-refractivity contribution in [3.63, 3.8) is 0 Å². The summed E-state index contributed by atoms with van der Waals surface area (Å²) in [6.07, 6.45) is 4.00. The van der Waals surface area contributed by atoms with Crippen LogP contribution in [-0.4, -0.2) is 44.9 Å². The lowest BCUT2D eigenvalue weighted by Crippen LogP contribution is -2.35. The molecule has 0 aromatic carbocycles. The number of amides is 1. The molecule has 0 unspecified atom stereocenters. The summed E-state index contributed by atoms with van der Waals surface area (Å²) >= 11 is 0. The van der Waals surface area contributed by atoms with Crippen LogP contribution in [0.3, 0.4) is 0 Å². The molecule has 8 nitrogen and oxygen atoms in total. The molecule has 140 valence electrons. The zero-order valence-corrected chi connectivity index (χ0v) is 15.4. The van der Waals surface area contributed by atoms with Crippen LogP contribution in [0.5, 0.6) is 0 Å². The van der Waals surface area contributed by atoms with Crippen molar-refractivity contribution >= 4 is 5.91 Å². The Morgan fingerprint density at radius 3 is 3.00 bits per heavy atom. The predicted molar refractivity (Wildman–Crippen MR) is 98.1 cm³/mol. The number of hydrogen-bond acceptors (Lipinski definition) is 5. The molecular formula is C18H26N6O2. The molecule has 0 saturated carbocycles. The van der Waals surface area contributed by atoms with Crippen molar-refractivity contribution in [1.29, 1.82) is 0 Å². The zero-order chi connectivity index (χ0) is 18.5. The van der Waals surface area contributed by atoms with Gasteiger partial charge in [-0.2, -0.15) is 10.1 Å². The first-order valence-corrected chi connectivity index (χ1v) is 9.09. The highest BCUT2D eigenvalue weighted by Gasteiger charge is 2.19. The summed E-state index contributed by atoms with van der Waals surface area (Å²) in [6.45, 7) is 6.62. The van der Waals surface area contributed by atoms with Gasteiger partial charge in [-0.3, -0.25) is 14.0 Å². The van der Waals surface area contributed by atoms with Crippen molar-refractivity contribution in [2.45, 2.75) is 45.7 Å². The molecule has 3 heterocycles. The minimum atomic E-state index is -0.282. The zero-order valence-electron chi connectivity index (χ0n) is 15.4. The van der Waals surface area contributed by atoms with Gasteiger partial charge >= 0.3 is 5.69 Å². The minimum absolute atomic E-state index is 0.107. The van der Waals surface area contributed by atoms with Crippen LogP contribution in [0.2, 0.25) is 0 Å². The molecule has 0 aliphatic carbocycles. The van der Waals surface area contributed by atoms with Gasteiger partial charge in [0.25, 0.3) is 0 Å².